The van der Waals surface area contributed by atoms with Crippen molar-refractivity contribution < 1.29 is 5.11 Å². The maximum absolute atomic E-state index is 10.0. The van der Waals surface area contributed by atoms with Crippen LogP contribution in [0, 0.1) is 0 Å². The Balaban J connectivity index is 2.14. The molecule has 1 atom stereocenters. The summed E-state index contributed by atoms with van der Waals surface area (Å²) in [7, 11) is 0. The summed E-state index contributed by atoms with van der Waals surface area (Å²) >= 11 is 0. The predicted molar refractivity (Wildman–Crippen MR) is 63.8 cm³/mol. The van der Waals surface area contributed by atoms with E-state index in [1.165, 1.54) is 0 Å². The Bertz CT molecular complexity index is 456. The lowest BCUT2D eigenvalue weighted by Gasteiger charge is -2.11. The second-order valence-corrected chi connectivity index (χ2v) is 3.68. The van der Waals surface area contributed by atoms with Crippen LogP contribution in [0.1, 0.15) is 17.2 Å². The second-order valence-electron chi connectivity index (χ2n) is 3.68. The van der Waals surface area contributed by atoms with Crippen LogP contribution >= 0.6 is 0 Å². The van der Waals surface area contributed by atoms with Crippen LogP contribution in [0.2, 0.25) is 0 Å². The van der Waals surface area contributed by atoms with Crippen molar-refractivity contribution in [1.82, 2.24) is 4.98 Å². The van der Waals surface area contributed by atoms with E-state index in [0.717, 1.165) is 11.1 Å². The molecule has 2 rings (SSSR count). The first-order chi connectivity index (χ1) is 7.77. The Hall–Kier alpha value is -1.87. The van der Waals surface area contributed by atoms with Crippen molar-refractivity contribution in [3.05, 3.63) is 59.8 Å². The van der Waals surface area contributed by atoms with Gasteiger partial charge in [0, 0.05) is 12.6 Å². The van der Waals surface area contributed by atoms with Crippen LogP contribution in [0.25, 0.3) is 0 Å². The van der Waals surface area contributed by atoms with Crippen LogP contribution < -0.4 is 5.73 Å². The van der Waals surface area contributed by atoms with Gasteiger partial charge in [0.05, 0.1) is 6.10 Å². The molecule has 3 nitrogen and oxygen atoms in total. The van der Waals surface area contributed by atoms with E-state index in [1.807, 2.05) is 42.5 Å². The SMILES string of the molecule is Nc1ncccc1CC(O)c1ccccc1. The minimum Gasteiger partial charge on any atom is -0.388 e. The van der Waals surface area contributed by atoms with Crippen molar-refractivity contribution >= 4 is 5.82 Å². The lowest BCUT2D eigenvalue weighted by molar-refractivity contribution is 0.178. The van der Waals surface area contributed by atoms with Gasteiger partial charge in [-0.15, -0.1) is 0 Å². The van der Waals surface area contributed by atoms with Crippen molar-refractivity contribution in [2.75, 3.05) is 5.73 Å². The molecule has 0 aliphatic rings. The smallest absolute Gasteiger partial charge is 0.126 e. The lowest BCUT2D eigenvalue weighted by Crippen LogP contribution is -2.05. The average molecular weight is 214 g/mol. The largest absolute Gasteiger partial charge is 0.388 e. The molecule has 0 amide bonds. The fourth-order valence-electron chi connectivity index (χ4n) is 1.62. The Kier molecular flexibility index (Phi) is 3.17. The number of nitrogen functional groups attached to an aromatic ring is 1. The fourth-order valence-corrected chi connectivity index (χ4v) is 1.62. The van der Waals surface area contributed by atoms with Gasteiger partial charge in [-0.3, -0.25) is 0 Å². The van der Waals surface area contributed by atoms with Crippen molar-refractivity contribution in [3.8, 4) is 0 Å². The zero-order valence-electron chi connectivity index (χ0n) is 8.88. The molecule has 1 aromatic carbocycles. The van der Waals surface area contributed by atoms with E-state index < -0.39 is 6.10 Å². The summed E-state index contributed by atoms with van der Waals surface area (Å²) in [6.45, 7) is 0. The average Bonchev–Trinajstić information content (AvgIpc) is 2.33. The monoisotopic (exact) mass is 214 g/mol. The summed E-state index contributed by atoms with van der Waals surface area (Å²) in [5.41, 5.74) is 7.49. The molecule has 0 spiro atoms. The van der Waals surface area contributed by atoms with Crippen LogP contribution in [-0.2, 0) is 6.42 Å². The quantitative estimate of drug-likeness (QED) is 0.820. The molecule has 0 bridgehead atoms. The molecule has 0 saturated carbocycles. The van der Waals surface area contributed by atoms with Crippen molar-refractivity contribution in [2.45, 2.75) is 12.5 Å². The highest BCUT2D eigenvalue weighted by Gasteiger charge is 2.09. The van der Waals surface area contributed by atoms with Gasteiger partial charge in [0.1, 0.15) is 5.82 Å². The van der Waals surface area contributed by atoms with Gasteiger partial charge in [-0.2, -0.15) is 0 Å². The second kappa shape index (κ2) is 4.77. The fraction of sp³-hybridized carbons (Fsp3) is 0.154. The highest BCUT2D eigenvalue weighted by atomic mass is 16.3. The van der Waals surface area contributed by atoms with Gasteiger partial charge < -0.3 is 10.8 Å². The van der Waals surface area contributed by atoms with Crippen LogP contribution in [0.4, 0.5) is 5.82 Å². The number of anilines is 1. The van der Waals surface area contributed by atoms with E-state index in [2.05, 4.69) is 4.98 Å². The van der Waals surface area contributed by atoms with Gasteiger partial charge in [-0.05, 0) is 17.2 Å². The predicted octanol–water partition coefficient (Wildman–Crippen LogP) is 1.94. The molecule has 0 radical (unpaired) electrons. The normalized spacial score (nSPS) is 12.3. The summed E-state index contributed by atoms with van der Waals surface area (Å²) in [6.07, 6.45) is 1.60. The molecular formula is C13H14N2O. The Morgan fingerprint density at radius 2 is 1.88 bits per heavy atom. The summed E-state index contributed by atoms with van der Waals surface area (Å²) < 4.78 is 0. The van der Waals surface area contributed by atoms with E-state index in [4.69, 9.17) is 5.73 Å². The molecule has 3 N–H and O–H groups in total. The summed E-state index contributed by atoms with van der Waals surface area (Å²) in [4.78, 5) is 3.99. The number of hydrogen-bond donors (Lipinski definition) is 2. The molecule has 3 heteroatoms. The standard InChI is InChI=1S/C13H14N2O/c14-13-11(7-4-8-15-13)9-12(16)10-5-2-1-3-6-10/h1-8,12,16H,9H2,(H2,14,15). The van der Waals surface area contributed by atoms with Crippen molar-refractivity contribution in [3.63, 3.8) is 0 Å². The topological polar surface area (TPSA) is 59.1 Å². The van der Waals surface area contributed by atoms with Gasteiger partial charge in [-0.1, -0.05) is 36.4 Å². The van der Waals surface area contributed by atoms with Gasteiger partial charge in [0.2, 0.25) is 0 Å². The number of aliphatic hydroxyl groups excluding tert-OH is 1. The van der Waals surface area contributed by atoms with E-state index in [9.17, 15) is 5.11 Å². The molecule has 0 saturated heterocycles. The number of nitrogens with zero attached hydrogens (tertiary/aromatic N) is 1. The summed E-state index contributed by atoms with van der Waals surface area (Å²) in [5.74, 6) is 0.484. The van der Waals surface area contributed by atoms with Gasteiger partial charge in [0.15, 0.2) is 0 Å². The first kappa shape index (κ1) is 10.6. The van der Waals surface area contributed by atoms with E-state index in [1.54, 1.807) is 6.20 Å². The van der Waals surface area contributed by atoms with Gasteiger partial charge >= 0.3 is 0 Å². The zero-order valence-corrected chi connectivity index (χ0v) is 8.88. The van der Waals surface area contributed by atoms with Crippen LogP contribution in [0.15, 0.2) is 48.7 Å². The lowest BCUT2D eigenvalue weighted by atomic mass is 10.0. The number of aliphatic hydroxyl groups is 1. The number of aromatic nitrogens is 1. The maximum atomic E-state index is 10.0. The Morgan fingerprint density at radius 3 is 2.56 bits per heavy atom. The molecule has 1 aromatic heterocycles. The van der Waals surface area contributed by atoms with Crippen LogP contribution in [0.5, 0.6) is 0 Å². The van der Waals surface area contributed by atoms with E-state index in [0.29, 0.717) is 12.2 Å². The van der Waals surface area contributed by atoms with E-state index in [-0.39, 0.29) is 0 Å². The first-order valence-corrected chi connectivity index (χ1v) is 5.20. The molecular weight excluding hydrogens is 200 g/mol. The van der Waals surface area contributed by atoms with Gasteiger partial charge in [-0.25, -0.2) is 4.98 Å². The highest BCUT2D eigenvalue weighted by Crippen LogP contribution is 2.20. The molecule has 82 valence electrons. The van der Waals surface area contributed by atoms with Crippen LogP contribution in [0.3, 0.4) is 0 Å². The molecule has 0 fully saturated rings. The molecule has 1 unspecified atom stereocenters. The minimum absolute atomic E-state index is 0.484. The minimum atomic E-state index is -0.535. The van der Waals surface area contributed by atoms with Crippen molar-refractivity contribution in [1.29, 1.82) is 0 Å². The molecule has 1 heterocycles. The number of benzene rings is 1. The number of nitrogens with two attached hydrogens (primary N) is 1. The third-order valence-corrected chi connectivity index (χ3v) is 2.52. The first-order valence-electron chi connectivity index (χ1n) is 5.20. The summed E-state index contributed by atoms with van der Waals surface area (Å²) in [5, 5.41) is 10.0. The third-order valence-electron chi connectivity index (χ3n) is 2.52. The Labute approximate surface area is 94.6 Å². The molecule has 0 aliphatic heterocycles. The Morgan fingerprint density at radius 1 is 1.12 bits per heavy atom. The van der Waals surface area contributed by atoms with E-state index >= 15 is 0 Å². The number of hydrogen-bond acceptors (Lipinski definition) is 3. The molecule has 0 aliphatic carbocycles. The summed E-state index contributed by atoms with van der Waals surface area (Å²) in [6, 6.07) is 13.2. The zero-order chi connectivity index (χ0) is 11.4. The molecule has 16 heavy (non-hydrogen) atoms. The van der Waals surface area contributed by atoms with Gasteiger partial charge in [0.25, 0.3) is 0 Å². The maximum Gasteiger partial charge on any atom is 0.126 e. The number of rotatable bonds is 3. The molecule has 2 aromatic rings. The highest BCUT2D eigenvalue weighted by molar-refractivity contribution is 5.39. The number of pyridine rings is 1. The van der Waals surface area contributed by atoms with Crippen LogP contribution in [-0.4, -0.2) is 10.1 Å². The third kappa shape index (κ3) is 2.38. The van der Waals surface area contributed by atoms with Crippen molar-refractivity contribution in [2.24, 2.45) is 0 Å².